The molecular formula is C16H21NO3. The van der Waals surface area contributed by atoms with Gasteiger partial charge in [0.2, 0.25) is 5.91 Å². The van der Waals surface area contributed by atoms with E-state index < -0.39 is 16.9 Å². The summed E-state index contributed by atoms with van der Waals surface area (Å²) in [6, 6.07) is 8.84. The number of nitrogens with one attached hydrogen (secondary N) is 1. The fraction of sp³-hybridized carbons (Fsp3) is 0.500. The molecule has 0 saturated heterocycles. The average molecular weight is 275 g/mol. The molecule has 0 heterocycles. The van der Waals surface area contributed by atoms with Crippen molar-refractivity contribution in [1.82, 2.24) is 5.32 Å². The van der Waals surface area contributed by atoms with Gasteiger partial charge in [-0.3, -0.25) is 4.79 Å². The van der Waals surface area contributed by atoms with Crippen molar-refractivity contribution in [2.45, 2.75) is 45.1 Å². The van der Waals surface area contributed by atoms with Crippen molar-refractivity contribution in [2.24, 2.45) is 5.41 Å². The van der Waals surface area contributed by atoms with E-state index >= 15 is 0 Å². The van der Waals surface area contributed by atoms with E-state index in [1.54, 1.807) is 31.2 Å². The predicted octanol–water partition coefficient (Wildman–Crippen LogP) is 2.68. The maximum Gasteiger partial charge on any atom is 0.333 e. The monoisotopic (exact) mass is 275 g/mol. The molecule has 4 heteroatoms. The first kappa shape index (κ1) is 14.6. The Labute approximate surface area is 119 Å². The molecule has 0 radical (unpaired) electrons. The second-order valence-corrected chi connectivity index (χ2v) is 6.02. The molecule has 1 amide bonds. The largest absolute Gasteiger partial charge is 0.479 e. The van der Waals surface area contributed by atoms with E-state index in [1.165, 1.54) is 0 Å². The second-order valence-electron chi connectivity index (χ2n) is 6.02. The molecule has 2 N–H and O–H groups in total. The van der Waals surface area contributed by atoms with Crippen molar-refractivity contribution in [3.63, 3.8) is 0 Å². The Morgan fingerprint density at radius 1 is 1.20 bits per heavy atom. The van der Waals surface area contributed by atoms with Crippen LogP contribution in [0.25, 0.3) is 0 Å². The molecule has 1 saturated carbocycles. The fourth-order valence-corrected chi connectivity index (χ4v) is 2.78. The SMILES string of the molecule is CC1(C(=O)NC(C)(C(=O)O)c2ccccc2)CCCC1. The number of carboxylic acids is 1. The Kier molecular flexibility index (Phi) is 3.84. The molecule has 1 aliphatic rings. The van der Waals surface area contributed by atoms with Crippen molar-refractivity contribution in [3.8, 4) is 0 Å². The zero-order chi connectivity index (χ0) is 14.8. The van der Waals surface area contributed by atoms with E-state index in [-0.39, 0.29) is 5.91 Å². The molecule has 0 aromatic heterocycles. The number of hydrogen-bond donors (Lipinski definition) is 2. The molecule has 1 aliphatic carbocycles. The Balaban J connectivity index is 2.26. The number of benzene rings is 1. The van der Waals surface area contributed by atoms with Crippen LogP contribution >= 0.6 is 0 Å². The highest BCUT2D eigenvalue weighted by molar-refractivity contribution is 5.90. The molecule has 108 valence electrons. The van der Waals surface area contributed by atoms with Crippen LogP contribution in [0, 0.1) is 5.41 Å². The van der Waals surface area contributed by atoms with Gasteiger partial charge in [-0.25, -0.2) is 4.79 Å². The van der Waals surface area contributed by atoms with Crippen molar-refractivity contribution in [3.05, 3.63) is 35.9 Å². The third kappa shape index (κ3) is 2.55. The molecule has 20 heavy (non-hydrogen) atoms. The van der Waals surface area contributed by atoms with E-state index in [9.17, 15) is 14.7 Å². The second kappa shape index (κ2) is 5.27. The van der Waals surface area contributed by atoms with Gasteiger partial charge in [-0.2, -0.15) is 0 Å². The minimum absolute atomic E-state index is 0.163. The van der Waals surface area contributed by atoms with E-state index in [4.69, 9.17) is 0 Å². The number of carbonyl (C=O) groups is 2. The normalized spacial score (nSPS) is 20.1. The first-order valence-corrected chi connectivity index (χ1v) is 7.00. The van der Waals surface area contributed by atoms with Crippen LogP contribution in [0.4, 0.5) is 0 Å². The van der Waals surface area contributed by atoms with Crippen LogP contribution in [0.2, 0.25) is 0 Å². The van der Waals surface area contributed by atoms with Crippen LogP contribution in [0.15, 0.2) is 30.3 Å². The average Bonchev–Trinajstić information content (AvgIpc) is 2.87. The van der Waals surface area contributed by atoms with Gasteiger partial charge in [-0.1, -0.05) is 50.1 Å². The van der Waals surface area contributed by atoms with Gasteiger partial charge in [0, 0.05) is 5.41 Å². The third-order valence-electron chi connectivity index (χ3n) is 4.40. The lowest BCUT2D eigenvalue weighted by Crippen LogP contribution is -2.53. The van der Waals surface area contributed by atoms with Crippen LogP contribution in [-0.2, 0) is 15.1 Å². The van der Waals surface area contributed by atoms with Crippen LogP contribution in [0.5, 0.6) is 0 Å². The van der Waals surface area contributed by atoms with Crippen LogP contribution in [0.3, 0.4) is 0 Å². The Morgan fingerprint density at radius 2 is 1.75 bits per heavy atom. The van der Waals surface area contributed by atoms with E-state index in [0.29, 0.717) is 5.56 Å². The molecule has 4 nitrogen and oxygen atoms in total. The Hall–Kier alpha value is -1.84. The molecule has 1 unspecified atom stereocenters. The standard InChI is InChI=1S/C16H21NO3/c1-15(10-6-7-11-15)13(18)17-16(2,14(19)20)12-8-4-3-5-9-12/h3-5,8-9H,6-7,10-11H2,1-2H3,(H,17,18)(H,19,20). The number of carboxylic acid groups (broad SMARTS) is 1. The van der Waals surface area contributed by atoms with Crippen molar-refractivity contribution in [2.75, 3.05) is 0 Å². The summed E-state index contributed by atoms with van der Waals surface area (Å²) < 4.78 is 0. The number of carbonyl (C=O) groups excluding carboxylic acids is 1. The molecule has 1 aromatic carbocycles. The summed E-state index contributed by atoms with van der Waals surface area (Å²) in [6.07, 6.45) is 3.70. The van der Waals surface area contributed by atoms with Gasteiger partial charge in [0.05, 0.1) is 0 Å². The Morgan fingerprint density at radius 3 is 2.25 bits per heavy atom. The summed E-state index contributed by atoms with van der Waals surface area (Å²) >= 11 is 0. The molecule has 1 aromatic rings. The van der Waals surface area contributed by atoms with E-state index in [0.717, 1.165) is 25.7 Å². The summed E-state index contributed by atoms with van der Waals surface area (Å²) in [5.41, 5.74) is -1.24. The smallest absolute Gasteiger partial charge is 0.333 e. The van der Waals surface area contributed by atoms with Gasteiger partial charge in [0.1, 0.15) is 0 Å². The van der Waals surface area contributed by atoms with Gasteiger partial charge in [0.15, 0.2) is 5.54 Å². The molecule has 1 atom stereocenters. The summed E-state index contributed by atoms with van der Waals surface area (Å²) in [7, 11) is 0. The quantitative estimate of drug-likeness (QED) is 0.887. The minimum Gasteiger partial charge on any atom is -0.479 e. The third-order valence-corrected chi connectivity index (χ3v) is 4.40. The van der Waals surface area contributed by atoms with Gasteiger partial charge in [-0.05, 0) is 25.3 Å². The zero-order valence-corrected chi connectivity index (χ0v) is 12.0. The summed E-state index contributed by atoms with van der Waals surface area (Å²) in [6.45, 7) is 3.46. The lowest BCUT2D eigenvalue weighted by atomic mass is 9.84. The number of rotatable bonds is 4. The van der Waals surface area contributed by atoms with Crippen molar-refractivity contribution >= 4 is 11.9 Å². The van der Waals surface area contributed by atoms with E-state index in [1.807, 2.05) is 13.0 Å². The predicted molar refractivity (Wildman–Crippen MR) is 76.1 cm³/mol. The maximum absolute atomic E-state index is 12.5. The molecular weight excluding hydrogens is 254 g/mol. The molecule has 1 fully saturated rings. The van der Waals surface area contributed by atoms with E-state index in [2.05, 4.69) is 5.32 Å². The summed E-state index contributed by atoms with van der Waals surface area (Å²) in [5.74, 6) is -1.21. The van der Waals surface area contributed by atoms with Gasteiger partial charge < -0.3 is 10.4 Å². The van der Waals surface area contributed by atoms with Crippen LogP contribution in [0.1, 0.15) is 45.1 Å². The van der Waals surface area contributed by atoms with Gasteiger partial charge in [-0.15, -0.1) is 0 Å². The van der Waals surface area contributed by atoms with Crippen molar-refractivity contribution in [1.29, 1.82) is 0 Å². The summed E-state index contributed by atoms with van der Waals surface area (Å²) in [4.78, 5) is 24.1. The molecule has 0 bridgehead atoms. The first-order chi connectivity index (χ1) is 9.38. The zero-order valence-electron chi connectivity index (χ0n) is 12.0. The number of amides is 1. The fourth-order valence-electron chi connectivity index (χ4n) is 2.78. The van der Waals surface area contributed by atoms with Gasteiger partial charge in [0.25, 0.3) is 0 Å². The topological polar surface area (TPSA) is 66.4 Å². The number of hydrogen-bond acceptors (Lipinski definition) is 2. The highest BCUT2D eigenvalue weighted by Crippen LogP contribution is 2.38. The molecule has 2 rings (SSSR count). The lowest BCUT2D eigenvalue weighted by Gasteiger charge is -2.32. The van der Waals surface area contributed by atoms with Crippen LogP contribution in [-0.4, -0.2) is 17.0 Å². The summed E-state index contributed by atoms with van der Waals surface area (Å²) in [5, 5.41) is 12.3. The minimum atomic E-state index is -1.38. The van der Waals surface area contributed by atoms with Crippen molar-refractivity contribution < 1.29 is 14.7 Å². The number of aliphatic carboxylic acids is 1. The molecule has 0 aliphatic heterocycles. The van der Waals surface area contributed by atoms with Crippen LogP contribution < -0.4 is 5.32 Å². The highest BCUT2D eigenvalue weighted by atomic mass is 16.4. The Bertz CT molecular complexity index is 506. The van der Waals surface area contributed by atoms with Gasteiger partial charge >= 0.3 is 5.97 Å². The lowest BCUT2D eigenvalue weighted by molar-refractivity contribution is -0.149. The first-order valence-electron chi connectivity index (χ1n) is 7.00. The highest BCUT2D eigenvalue weighted by Gasteiger charge is 2.43. The molecule has 0 spiro atoms. The maximum atomic E-state index is 12.5.